The van der Waals surface area contributed by atoms with Crippen LogP contribution in [0.1, 0.15) is 46.5 Å². The van der Waals surface area contributed by atoms with Gasteiger partial charge in [0.2, 0.25) is 5.91 Å². The third-order valence-corrected chi connectivity index (χ3v) is 3.23. The smallest absolute Gasteiger partial charge is 0.306 e. The van der Waals surface area contributed by atoms with Gasteiger partial charge in [0, 0.05) is 18.5 Å². The highest BCUT2D eigenvalue weighted by molar-refractivity contribution is 5.79. The number of carbonyl (C=O) groups excluding carboxylic acids is 1. The van der Waals surface area contributed by atoms with E-state index in [1.807, 2.05) is 13.8 Å². The molecule has 106 valence electrons. The van der Waals surface area contributed by atoms with E-state index in [9.17, 15) is 9.59 Å². The summed E-state index contributed by atoms with van der Waals surface area (Å²) in [4.78, 5) is 22.4. The molecular formula is C13H26N2O3. The summed E-state index contributed by atoms with van der Waals surface area (Å²) in [6.45, 7) is 5.95. The topological polar surface area (TPSA) is 92.4 Å². The molecular weight excluding hydrogens is 232 g/mol. The van der Waals surface area contributed by atoms with Crippen LogP contribution < -0.4 is 11.1 Å². The van der Waals surface area contributed by atoms with Gasteiger partial charge in [-0.3, -0.25) is 9.59 Å². The lowest BCUT2D eigenvalue weighted by Gasteiger charge is -2.18. The third-order valence-electron chi connectivity index (χ3n) is 3.23. The minimum absolute atomic E-state index is 0.00113. The lowest BCUT2D eigenvalue weighted by atomic mass is 10.0. The van der Waals surface area contributed by atoms with Crippen LogP contribution in [0.5, 0.6) is 0 Å². The normalized spacial score (nSPS) is 15.8. The number of hydrogen-bond acceptors (Lipinski definition) is 3. The summed E-state index contributed by atoms with van der Waals surface area (Å²) in [7, 11) is 0. The van der Waals surface area contributed by atoms with Crippen molar-refractivity contribution in [1.82, 2.24) is 5.32 Å². The zero-order valence-electron chi connectivity index (χ0n) is 11.6. The molecule has 0 fully saturated rings. The van der Waals surface area contributed by atoms with Crippen molar-refractivity contribution in [1.29, 1.82) is 0 Å². The number of amides is 1. The Bertz CT molecular complexity index is 265. The fourth-order valence-electron chi connectivity index (χ4n) is 1.75. The summed E-state index contributed by atoms with van der Waals surface area (Å²) in [6, 6.07) is 0.0686. The molecule has 0 aromatic heterocycles. The van der Waals surface area contributed by atoms with Crippen LogP contribution in [-0.4, -0.2) is 29.6 Å². The molecule has 0 rings (SSSR count). The Labute approximate surface area is 109 Å². The lowest BCUT2D eigenvalue weighted by Crippen LogP contribution is -2.39. The van der Waals surface area contributed by atoms with Crippen molar-refractivity contribution in [3.8, 4) is 0 Å². The van der Waals surface area contributed by atoms with Gasteiger partial charge in [0.1, 0.15) is 0 Å². The number of nitrogens with two attached hydrogens (primary N) is 1. The first kappa shape index (κ1) is 16.9. The van der Waals surface area contributed by atoms with Gasteiger partial charge in [-0.05, 0) is 26.2 Å². The Hall–Kier alpha value is -1.10. The third kappa shape index (κ3) is 6.59. The van der Waals surface area contributed by atoms with Crippen LogP contribution >= 0.6 is 0 Å². The molecule has 0 saturated carbocycles. The van der Waals surface area contributed by atoms with E-state index in [0.717, 1.165) is 19.3 Å². The quantitative estimate of drug-likeness (QED) is 0.582. The van der Waals surface area contributed by atoms with Gasteiger partial charge >= 0.3 is 5.97 Å². The summed E-state index contributed by atoms with van der Waals surface area (Å²) in [5.74, 6) is -1.20. The van der Waals surface area contributed by atoms with Crippen molar-refractivity contribution in [2.75, 3.05) is 6.54 Å². The molecule has 4 N–H and O–H groups in total. The molecule has 1 amide bonds. The highest BCUT2D eigenvalue weighted by Crippen LogP contribution is 2.10. The number of hydrogen-bond donors (Lipinski definition) is 3. The second kappa shape index (κ2) is 8.91. The van der Waals surface area contributed by atoms with E-state index in [2.05, 4.69) is 5.32 Å². The van der Waals surface area contributed by atoms with Gasteiger partial charge in [-0.1, -0.05) is 20.3 Å². The average molecular weight is 258 g/mol. The number of carbonyl (C=O) groups is 2. The molecule has 0 spiro atoms. The Morgan fingerprint density at radius 2 is 1.89 bits per heavy atom. The Balaban J connectivity index is 3.87. The molecule has 0 aliphatic rings. The maximum Gasteiger partial charge on any atom is 0.306 e. The van der Waals surface area contributed by atoms with Gasteiger partial charge in [-0.2, -0.15) is 0 Å². The maximum atomic E-state index is 11.7. The number of carboxylic acid groups (broad SMARTS) is 1. The maximum absolute atomic E-state index is 11.7. The highest BCUT2D eigenvalue weighted by atomic mass is 16.4. The predicted octanol–water partition coefficient (Wildman–Crippen LogP) is 1.37. The van der Waals surface area contributed by atoms with Crippen molar-refractivity contribution >= 4 is 11.9 Å². The second-order valence-electron chi connectivity index (χ2n) is 4.92. The van der Waals surface area contributed by atoms with E-state index in [-0.39, 0.29) is 23.8 Å². The van der Waals surface area contributed by atoms with Crippen LogP contribution in [0, 0.1) is 11.8 Å². The average Bonchev–Trinajstić information content (AvgIpc) is 2.30. The van der Waals surface area contributed by atoms with Crippen LogP contribution in [0.4, 0.5) is 0 Å². The minimum Gasteiger partial charge on any atom is -0.481 e. The first-order chi connectivity index (χ1) is 8.42. The molecule has 0 aliphatic carbocycles. The number of aliphatic carboxylic acids is 1. The van der Waals surface area contributed by atoms with E-state index in [1.54, 1.807) is 6.92 Å². The van der Waals surface area contributed by atoms with Gasteiger partial charge in [0.05, 0.1) is 5.92 Å². The van der Waals surface area contributed by atoms with Crippen LogP contribution in [0.2, 0.25) is 0 Å². The van der Waals surface area contributed by atoms with Gasteiger partial charge in [-0.15, -0.1) is 0 Å². The van der Waals surface area contributed by atoms with Crippen LogP contribution in [0.3, 0.4) is 0 Å². The molecule has 0 aliphatic heterocycles. The fraction of sp³-hybridized carbons (Fsp3) is 0.846. The Morgan fingerprint density at radius 1 is 1.28 bits per heavy atom. The molecule has 0 heterocycles. The van der Waals surface area contributed by atoms with Crippen molar-refractivity contribution in [3.63, 3.8) is 0 Å². The summed E-state index contributed by atoms with van der Waals surface area (Å²) in [6.07, 6.45) is 2.98. The molecule has 0 aromatic rings. The van der Waals surface area contributed by atoms with Gasteiger partial charge in [-0.25, -0.2) is 0 Å². The first-order valence-electron chi connectivity index (χ1n) is 6.65. The number of nitrogens with one attached hydrogen (secondary N) is 1. The monoisotopic (exact) mass is 258 g/mol. The molecule has 5 heteroatoms. The lowest BCUT2D eigenvalue weighted by molar-refractivity contribution is -0.141. The van der Waals surface area contributed by atoms with E-state index < -0.39 is 5.97 Å². The van der Waals surface area contributed by atoms with Crippen molar-refractivity contribution in [3.05, 3.63) is 0 Å². The molecule has 3 unspecified atom stereocenters. The van der Waals surface area contributed by atoms with E-state index in [0.29, 0.717) is 13.0 Å². The van der Waals surface area contributed by atoms with Gasteiger partial charge < -0.3 is 16.2 Å². The van der Waals surface area contributed by atoms with E-state index in [4.69, 9.17) is 10.8 Å². The first-order valence-corrected chi connectivity index (χ1v) is 6.65. The molecule has 0 radical (unpaired) electrons. The molecule has 3 atom stereocenters. The second-order valence-corrected chi connectivity index (χ2v) is 4.92. The zero-order chi connectivity index (χ0) is 14.1. The molecule has 5 nitrogen and oxygen atoms in total. The molecule has 0 saturated heterocycles. The van der Waals surface area contributed by atoms with E-state index in [1.165, 1.54) is 0 Å². The van der Waals surface area contributed by atoms with Crippen molar-refractivity contribution in [2.45, 2.75) is 52.5 Å². The molecule has 0 aromatic carbocycles. The molecule has 0 bridgehead atoms. The largest absolute Gasteiger partial charge is 0.481 e. The van der Waals surface area contributed by atoms with Crippen molar-refractivity contribution in [2.24, 2.45) is 17.6 Å². The fourth-order valence-corrected chi connectivity index (χ4v) is 1.75. The number of rotatable bonds is 9. The highest BCUT2D eigenvalue weighted by Gasteiger charge is 2.17. The summed E-state index contributed by atoms with van der Waals surface area (Å²) in [5, 5.41) is 11.7. The Morgan fingerprint density at radius 3 is 2.33 bits per heavy atom. The van der Waals surface area contributed by atoms with Gasteiger partial charge in [0.15, 0.2) is 0 Å². The van der Waals surface area contributed by atoms with Crippen molar-refractivity contribution < 1.29 is 14.7 Å². The zero-order valence-corrected chi connectivity index (χ0v) is 11.6. The predicted molar refractivity (Wildman–Crippen MR) is 71.1 cm³/mol. The minimum atomic E-state index is -0.763. The number of carboxylic acids is 1. The summed E-state index contributed by atoms with van der Waals surface area (Å²) >= 11 is 0. The van der Waals surface area contributed by atoms with Crippen LogP contribution in [0.25, 0.3) is 0 Å². The van der Waals surface area contributed by atoms with Crippen LogP contribution in [-0.2, 0) is 9.59 Å². The molecule has 18 heavy (non-hydrogen) atoms. The van der Waals surface area contributed by atoms with Gasteiger partial charge in [0.25, 0.3) is 0 Å². The summed E-state index contributed by atoms with van der Waals surface area (Å²) < 4.78 is 0. The Kier molecular flexibility index (Phi) is 8.37. The van der Waals surface area contributed by atoms with E-state index >= 15 is 0 Å². The SMILES string of the molecule is CCC(CN)C(=O)NC(C)CCCC(C)C(=O)O. The summed E-state index contributed by atoms with van der Waals surface area (Å²) in [5.41, 5.74) is 5.51. The van der Waals surface area contributed by atoms with Crippen LogP contribution in [0.15, 0.2) is 0 Å². The standard InChI is InChI=1S/C13H26N2O3/c1-4-11(8-14)12(16)15-10(3)7-5-6-9(2)13(17)18/h9-11H,4-8,14H2,1-3H3,(H,15,16)(H,17,18).